The largest absolute Gasteiger partial charge is 0.467 e. The van der Waals surface area contributed by atoms with E-state index in [4.69, 9.17) is 16.0 Å². The lowest BCUT2D eigenvalue weighted by Crippen LogP contribution is -2.58. The van der Waals surface area contributed by atoms with Crippen molar-refractivity contribution in [3.05, 3.63) is 46.3 Å². The second kappa shape index (κ2) is 4.77. The molecule has 0 aliphatic carbocycles. The molecule has 20 heavy (non-hydrogen) atoms. The van der Waals surface area contributed by atoms with Crippen LogP contribution in [0.5, 0.6) is 0 Å². The molecule has 1 aliphatic rings. The second-order valence-corrected chi connectivity index (χ2v) is 4.82. The minimum absolute atomic E-state index is 0.177. The predicted molar refractivity (Wildman–Crippen MR) is 71.2 cm³/mol. The van der Waals surface area contributed by atoms with E-state index < -0.39 is 11.5 Å². The maximum Gasteiger partial charge on any atom is 0.252 e. The number of alkyl halides is 1. The van der Waals surface area contributed by atoms with Crippen molar-refractivity contribution in [3.8, 4) is 0 Å². The number of hydrogen-bond donors (Lipinski definition) is 2. The van der Waals surface area contributed by atoms with E-state index in [1.54, 1.807) is 19.1 Å². The van der Waals surface area contributed by atoms with Crippen LogP contribution in [0.3, 0.4) is 0 Å². The van der Waals surface area contributed by atoms with Crippen LogP contribution >= 0.6 is 11.6 Å². The Balaban J connectivity index is 1.85. The van der Waals surface area contributed by atoms with E-state index >= 15 is 0 Å². The van der Waals surface area contributed by atoms with Gasteiger partial charge in [0.25, 0.3) is 5.56 Å². The Morgan fingerprint density at radius 1 is 1.50 bits per heavy atom. The zero-order valence-corrected chi connectivity index (χ0v) is 11.2. The summed E-state index contributed by atoms with van der Waals surface area (Å²) < 4.78 is 5.22. The third kappa shape index (κ3) is 2.10. The van der Waals surface area contributed by atoms with Crippen LogP contribution in [0.4, 0.5) is 5.95 Å². The number of rotatable bonds is 3. The summed E-state index contributed by atoms with van der Waals surface area (Å²) in [5.74, 6) is 0.531. The number of Topliss-reactive ketones (excluding diaryl/α,β-unsaturated/α-hetero) is 1. The Kier molecular flexibility index (Phi) is 3.07. The van der Waals surface area contributed by atoms with E-state index in [9.17, 15) is 9.59 Å². The van der Waals surface area contributed by atoms with Gasteiger partial charge in [-0.15, -0.1) is 0 Å². The average molecular weight is 295 g/mol. The first kappa shape index (κ1) is 12.9. The molecule has 0 bridgehead atoms. The lowest BCUT2D eigenvalue weighted by Gasteiger charge is -2.41. The fourth-order valence-corrected chi connectivity index (χ4v) is 2.33. The van der Waals surface area contributed by atoms with E-state index in [2.05, 4.69) is 15.4 Å². The number of nitrogens with zero attached hydrogens (tertiary/aromatic N) is 2. The first-order chi connectivity index (χ1) is 9.56. The first-order valence-electron chi connectivity index (χ1n) is 5.90. The molecule has 0 radical (unpaired) electrons. The number of hydrogen-bond acceptors (Lipinski definition) is 6. The van der Waals surface area contributed by atoms with Crippen molar-refractivity contribution >= 4 is 23.3 Å². The molecular weight excluding hydrogens is 284 g/mol. The Bertz CT molecular complexity index is 697. The Hall–Kier alpha value is -2.12. The summed E-state index contributed by atoms with van der Waals surface area (Å²) in [7, 11) is 0. The number of carbonyl (C=O) groups is 1. The van der Waals surface area contributed by atoms with Crippen molar-refractivity contribution in [3.63, 3.8) is 0 Å². The van der Waals surface area contributed by atoms with Crippen LogP contribution < -0.4 is 11.0 Å². The molecule has 1 fully saturated rings. The van der Waals surface area contributed by atoms with Crippen molar-refractivity contribution in [1.29, 1.82) is 0 Å². The minimum Gasteiger partial charge on any atom is -0.467 e. The SMILES string of the molecule is Cc1cc(=O)[nH]c(NN2C(Cl)C(=O)C2c2ccco2)n1. The lowest BCUT2D eigenvalue weighted by molar-refractivity contribution is -0.138. The summed E-state index contributed by atoms with van der Waals surface area (Å²) in [5.41, 5.74) is 2.27. The normalized spacial score (nSPS) is 22.6. The number of ketones is 1. The molecule has 0 saturated carbocycles. The van der Waals surface area contributed by atoms with Crippen LogP contribution in [-0.2, 0) is 4.79 Å². The quantitative estimate of drug-likeness (QED) is 0.653. The molecule has 3 rings (SSSR count). The number of furan rings is 1. The molecule has 2 aromatic rings. The molecule has 0 aromatic carbocycles. The zero-order valence-electron chi connectivity index (χ0n) is 10.5. The van der Waals surface area contributed by atoms with Crippen LogP contribution in [0.2, 0.25) is 0 Å². The molecule has 8 heteroatoms. The highest BCUT2D eigenvalue weighted by molar-refractivity contribution is 6.34. The van der Waals surface area contributed by atoms with Crippen molar-refractivity contribution in [2.75, 3.05) is 5.43 Å². The smallest absolute Gasteiger partial charge is 0.252 e. The van der Waals surface area contributed by atoms with Gasteiger partial charge < -0.3 is 4.42 Å². The zero-order chi connectivity index (χ0) is 14.3. The number of carbonyl (C=O) groups excluding carboxylic acids is 1. The van der Waals surface area contributed by atoms with E-state index in [0.29, 0.717) is 11.5 Å². The molecule has 2 atom stereocenters. The minimum atomic E-state index is -0.837. The average Bonchev–Trinajstić information content (AvgIpc) is 2.90. The van der Waals surface area contributed by atoms with Gasteiger partial charge in [0.15, 0.2) is 17.3 Å². The highest BCUT2D eigenvalue weighted by atomic mass is 35.5. The van der Waals surface area contributed by atoms with Gasteiger partial charge >= 0.3 is 0 Å². The topological polar surface area (TPSA) is 91.2 Å². The highest BCUT2D eigenvalue weighted by Gasteiger charge is 2.49. The molecule has 0 amide bonds. The van der Waals surface area contributed by atoms with Crippen molar-refractivity contribution < 1.29 is 9.21 Å². The van der Waals surface area contributed by atoms with E-state index in [1.807, 2.05) is 0 Å². The van der Waals surface area contributed by atoms with Crippen LogP contribution in [0.15, 0.2) is 33.7 Å². The Morgan fingerprint density at radius 3 is 2.95 bits per heavy atom. The summed E-state index contributed by atoms with van der Waals surface area (Å²) in [6, 6.07) is 4.12. The third-order valence-corrected chi connectivity index (χ3v) is 3.37. The number of nitrogens with one attached hydrogen (secondary N) is 2. The van der Waals surface area contributed by atoms with Gasteiger partial charge in [-0.05, 0) is 19.1 Å². The van der Waals surface area contributed by atoms with E-state index in [1.165, 1.54) is 17.3 Å². The van der Waals surface area contributed by atoms with Crippen LogP contribution in [0, 0.1) is 6.92 Å². The number of aromatic amines is 1. The summed E-state index contributed by atoms with van der Waals surface area (Å²) in [6.45, 7) is 1.70. The van der Waals surface area contributed by atoms with Gasteiger partial charge in [-0.1, -0.05) is 11.6 Å². The van der Waals surface area contributed by atoms with E-state index in [0.717, 1.165) is 0 Å². The third-order valence-electron chi connectivity index (χ3n) is 2.94. The van der Waals surface area contributed by atoms with Crippen molar-refractivity contribution in [2.45, 2.75) is 18.5 Å². The molecule has 0 spiro atoms. The fraction of sp³-hybridized carbons (Fsp3) is 0.250. The number of aryl methyl sites for hydroxylation is 1. The first-order valence-corrected chi connectivity index (χ1v) is 6.34. The molecule has 104 valence electrons. The van der Waals surface area contributed by atoms with Gasteiger partial charge in [0.05, 0.1) is 6.26 Å². The van der Waals surface area contributed by atoms with Crippen molar-refractivity contribution in [2.24, 2.45) is 0 Å². The Morgan fingerprint density at radius 2 is 2.30 bits per heavy atom. The summed E-state index contributed by atoms with van der Waals surface area (Å²) in [6.07, 6.45) is 1.48. The van der Waals surface area contributed by atoms with E-state index in [-0.39, 0.29) is 17.3 Å². The highest BCUT2D eigenvalue weighted by Crippen LogP contribution is 2.37. The lowest BCUT2D eigenvalue weighted by atomic mass is 10.0. The second-order valence-electron chi connectivity index (χ2n) is 4.41. The molecule has 2 N–H and O–H groups in total. The van der Waals surface area contributed by atoms with Crippen LogP contribution in [0.1, 0.15) is 17.5 Å². The number of anilines is 1. The van der Waals surface area contributed by atoms with Gasteiger partial charge in [-0.2, -0.15) is 5.01 Å². The molecule has 2 unspecified atom stereocenters. The number of H-pyrrole nitrogens is 1. The van der Waals surface area contributed by atoms with Crippen LogP contribution in [-0.4, -0.2) is 26.3 Å². The van der Waals surface area contributed by atoms with Gasteiger partial charge in [-0.3, -0.25) is 20.0 Å². The van der Waals surface area contributed by atoms with Gasteiger partial charge in [0.1, 0.15) is 5.76 Å². The molecule has 2 aromatic heterocycles. The summed E-state index contributed by atoms with van der Waals surface area (Å²) in [5, 5.41) is 1.47. The van der Waals surface area contributed by atoms with Crippen LogP contribution in [0.25, 0.3) is 0 Å². The summed E-state index contributed by atoms with van der Waals surface area (Å²) >= 11 is 5.96. The standard InChI is InChI=1S/C12H11ClN4O3/c1-6-5-8(18)15-12(14-6)16-17-9(10(19)11(17)13)7-3-2-4-20-7/h2-5,9,11H,1H3,(H2,14,15,16,18). The number of halogens is 1. The van der Waals surface area contributed by atoms with Gasteiger partial charge in [0.2, 0.25) is 5.95 Å². The molecule has 3 heterocycles. The van der Waals surface area contributed by atoms with Crippen molar-refractivity contribution in [1.82, 2.24) is 15.0 Å². The monoisotopic (exact) mass is 294 g/mol. The molecule has 1 saturated heterocycles. The maximum atomic E-state index is 11.8. The number of aromatic nitrogens is 2. The summed E-state index contributed by atoms with van der Waals surface area (Å²) in [4.78, 5) is 29.9. The number of hydrazine groups is 1. The molecular formula is C12H11ClN4O3. The Labute approximate surface area is 118 Å². The predicted octanol–water partition coefficient (Wildman–Crippen LogP) is 1.19. The maximum absolute atomic E-state index is 11.8. The van der Waals surface area contributed by atoms with Gasteiger partial charge in [0, 0.05) is 11.8 Å². The van der Waals surface area contributed by atoms with Gasteiger partial charge in [-0.25, -0.2) is 4.98 Å². The molecule has 1 aliphatic heterocycles. The molecule has 7 nitrogen and oxygen atoms in total. The fourth-order valence-electron chi connectivity index (χ4n) is 2.05.